The maximum absolute atomic E-state index is 4.39. The number of nitrogens with one attached hydrogen (secondary N) is 1. The van der Waals surface area contributed by atoms with Gasteiger partial charge in [0.1, 0.15) is 0 Å². The highest BCUT2D eigenvalue weighted by atomic mass is 14.9. The molecular formula is C16H20N2. The SMILES string of the molecule is CNC(Cc1cccc(C)c1)Cc1ccccn1. The van der Waals surface area contributed by atoms with Crippen molar-refractivity contribution in [2.45, 2.75) is 25.8 Å². The second kappa shape index (κ2) is 6.31. The van der Waals surface area contributed by atoms with Gasteiger partial charge in [0.2, 0.25) is 0 Å². The highest BCUT2D eigenvalue weighted by molar-refractivity contribution is 5.23. The van der Waals surface area contributed by atoms with Gasteiger partial charge in [0, 0.05) is 24.4 Å². The highest BCUT2D eigenvalue weighted by Gasteiger charge is 2.09. The van der Waals surface area contributed by atoms with Crippen LogP contribution in [0.15, 0.2) is 48.7 Å². The molecule has 0 saturated heterocycles. The Morgan fingerprint density at radius 3 is 2.67 bits per heavy atom. The molecule has 2 aromatic rings. The van der Waals surface area contributed by atoms with Crippen LogP contribution in [0.3, 0.4) is 0 Å². The predicted octanol–water partition coefficient (Wildman–Crippen LogP) is 2.76. The minimum Gasteiger partial charge on any atom is -0.316 e. The highest BCUT2D eigenvalue weighted by Crippen LogP contribution is 2.09. The van der Waals surface area contributed by atoms with Crippen molar-refractivity contribution in [1.82, 2.24) is 10.3 Å². The van der Waals surface area contributed by atoms with Crippen LogP contribution in [0.25, 0.3) is 0 Å². The maximum Gasteiger partial charge on any atom is 0.0419 e. The molecule has 0 radical (unpaired) electrons. The van der Waals surface area contributed by atoms with E-state index < -0.39 is 0 Å². The molecule has 1 atom stereocenters. The molecule has 2 nitrogen and oxygen atoms in total. The molecule has 0 aliphatic carbocycles. The molecule has 2 rings (SSSR count). The number of rotatable bonds is 5. The average Bonchev–Trinajstić information content (AvgIpc) is 2.39. The van der Waals surface area contributed by atoms with E-state index in [-0.39, 0.29) is 0 Å². The van der Waals surface area contributed by atoms with Gasteiger partial charge in [0.25, 0.3) is 0 Å². The Morgan fingerprint density at radius 2 is 2.00 bits per heavy atom. The fraction of sp³-hybridized carbons (Fsp3) is 0.312. The summed E-state index contributed by atoms with van der Waals surface area (Å²) in [6, 6.07) is 15.2. The third-order valence-corrected chi connectivity index (χ3v) is 3.15. The van der Waals surface area contributed by atoms with Gasteiger partial charge in [-0.2, -0.15) is 0 Å². The Bertz CT molecular complexity index is 479. The Morgan fingerprint density at radius 1 is 1.11 bits per heavy atom. The van der Waals surface area contributed by atoms with Crippen LogP contribution in [0.1, 0.15) is 16.8 Å². The van der Waals surface area contributed by atoms with E-state index in [2.05, 4.69) is 47.6 Å². The summed E-state index contributed by atoms with van der Waals surface area (Å²) >= 11 is 0. The van der Waals surface area contributed by atoms with E-state index in [0.717, 1.165) is 18.5 Å². The number of hydrogen-bond donors (Lipinski definition) is 1. The molecule has 1 heterocycles. The zero-order valence-electron chi connectivity index (χ0n) is 11.1. The number of likely N-dealkylation sites (N-methyl/N-ethyl adjacent to an activating group) is 1. The average molecular weight is 240 g/mol. The van der Waals surface area contributed by atoms with Crippen molar-refractivity contribution in [3.05, 3.63) is 65.5 Å². The van der Waals surface area contributed by atoms with E-state index in [1.54, 1.807) is 0 Å². The minimum atomic E-state index is 0.432. The van der Waals surface area contributed by atoms with Gasteiger partial charge in [0.15, 0.2) is 0 Å². The van der Waals surface area contributed by atoms with Gasteiger partial charge in [-0.1, -0.05) is 35.9 Å². The Kier molecular flexibility index (Phi) is 4.48. The lowest BCUT2D eigenvalue weighted by Crippen LogP contribution is -2.30. The first kappa shape index (κ1) is 12.8. The van der Waals surface area contributed by atoms with Crippen molar-refractivity contribution < 1.29 is 0 Å². The second-order valence-electron chi connectivity index (χ2n) is 4.70. The molecule has 0 bridgehead atoms. The van der Waals surface area contributed by atoms with Crippen molar-refractivity contribution in [3.8, 4) is 0 Å². The fourth-order valence-corrected chi connectivity index (χ4v) is 2.17. The van der Waals surface area contributed by atoms with Gasteiger partial charge in [-0.15, -0.1) is 0 Å². The van der Waals surface area contributed by atoms with Crippen LogP contribution < -0.4 is 5.32 Å². The van der Waals surface area contributed by atoms with Crippen LogP contribution in [0.5, 0.6) is 0 Å². The Balaban J connectivity index is 2.01. The molecule has 2 heteroatoms. The topological polar surface area (TPSA) is 24.9 Å². The van der Waals surface area contributed by atoms with Crippen molar-refractivity contribution in [3.63, 3.8) is 0 Å². The number of aryl methyl sites for hydroxylation is 1. The quantitative estimate of drug-likeness (QED) is 0.869. The molecule has 0 aliphatic heterocycles. The van der Waals surface area contributed by atoms with Gasteiger partial charge < -0.3 is 5.32 Å². The van der Waals surface area contributed by atoms with E-state index >= 15 is 0 Å². The van der Waals surface area contributed by atoms with Gasteiger partial charge >= 0.3 is 0 Å². The lowest BCUT2D eigenvalue weighted by Gasteiger charge is -2.16. The van der Waals surface area contributed by atoms with Crippen molar-refractivity contribution in [1.29, 1.82) is 0 Å². The first-order valence-corrected chi connectivity index (χ1v) is 6.40. The Labute approximate surface area is 109 Å². The van der Waals surface area contributed by atoms with Gasteiger partial charge in [-0.25, -0.2) is 0 Å². The molecule has 94 valence electrons. The molecule has 1 aromatic heterocycles. The van der Waals surface area contributed by atoms with Gasteiger partial charge in [0.05, 0.1) is 0 Å². The van der Waals surface area contributed by atoms with Gasteiger partial charge in [-0.05, 0) is 38.1 Å². The molecule has 1 aromatic carbocycles. The molecule has 0 spiro atoms. The number of aromatic nitrogens is 1. The fourth-order valence-electron chi connectivity index (χ4n) is 2.17. The lowest BCUT2D eigenvalue weighted by atomic mass is 10.0. The lowest BCUT2D eigenvalue weighted by molar-refractivity contribution is 0.550. The molecule has 0 fully saturated rings. The predicted molar refractivity (Wildman–Crippen MR) is 75.7 cm³/mol. The van der Waals surface area contributed by atoms with Crippen LogP contribution in [0, 0.1) is 6.92 Å². The normalized spacial score (nSPS) is 12.3. The second-order valence-corrected chi connectivity index (χ2v) is 4.70. The number of benzene rings is 1. The van der Waals surface area contributed by atoms with E-state index in [0.29, 0.717) is 6.04 Å². The molecule has 1 N–H and O–H groups in total. The van der Waals surface area contributed by atoms with Crippen molar-refractivity contribution in [2.75, 3.05) is 7.05 Å². The summed E-state index contributed by atoms with van der Waals surface area (Å²) in [5, 5.41) is 3.38. The summed E-state index contributed by atoms with van der Waals surface area (Å²) in [5.41, 5.74) is 3.84. The smallest absolute Gasteiger partial charge is 0.0419 e. The number of hydrogen-bond acceptors (Lipinski definition) is 2. The van der Waals surface area contributed by atoms with Crippen molar-refractivity contribution in [2.24, 2.45) is 0 Å². The molecule has 0 saturated carbocycles. The zero-order chi connectivity index (χ0) is 12.8. The summed E-state index contributed by atoms with van der Waals surface area (Å²) in [7, 11) is 2.02. The summed E-state index contributed by atoms with van der Waals surface area (Å²) < 4.78 is 0. The first-order valence-electron chi connectivity index (χ1n) is 6.40. The third-order valence-electron chi connectivity index (χ3n) is 3.15. The van der Waals surface area contributed by atoms with Crippen LogP contribution in [-0.4, -0.2) is 18.1 Å². The molecule has 18 heavy (non-hydrogen) atoms. The van der Waals surface area contributed by atoms with Gasteiger partial charge in [-0.3, -0.25) is 4.98 Å². The minimum absolute atomic E-state index is 0.432. The molecular weight excluding hydrogens is 220 g/mol. The zero-order valence-corrected chi connectivity index (χ0v) is 11.1. The van der Waals surface area contributed by atoms with Crippen molar-refractivity contribution >= 4 is 0 Å². The number of nitrogens with zero attached hydrogens (tertiary/aromatic N) is 1. The largest absolute Gasteiger partial charge is 0.316 e. The Hall–Kier alpha value is -1.67. The first-order chi connectivity index (χ1) is 8.78. The van der Waals surface area contributed by atoms with Crippen LogP contribution >= 0.6 is 0 Å². The van der Waals surface area contributed by atoms with E-state index in [1.165, 1.54) is 11.1 Å². The summed E-state index contributed by atoms with van der Waals surface area (Å²) in [5.74, 6) is 0. The van der Waals surface area contributed by atoms with Crippen LogP contribution in [-0.2, 0) is 12.8 Å². The molecule has 0 amide bonds. The van der Waals surface area contributed by atoms with E-state index in [4.69, 9.17) is 0 Å². The third kappa shape index (κ3) is 3.67. The monoisotopic (exact) mass is 240 g/mol. The summed E-state index contributed by atoms with van der Waals surface area (Å²) in [6.45, 7) is 2.14. The summed E-state index contributed by atoms with van der Waals surface area (Å²) in [4.78, 5) is 4.39. The number of pyridine rings is 1. The standard InChI is InChI=1S/C16H20N2/c1-13-6-5-7-14(10-13)11-16(17-2)12-15-8-3-4-9-18-15/h3-10,16-17H,11-12H2,1-2H3. The maximum atomic E-state index is 4.39. The van der Waals surface area contributed by atoms with Crippen LogP contribution in [0.2, 0.25) is 0 Å². The van der Waals surface area contributed by atoms with E-state index in [9.17, 15) is 0 Å². The van der Waals surface area contributed by atoms with Crippen LogP contribution in [0.4, 0.5) is 0 Å². The molecule has 0 aliphatic rings. The van der Waals surface area contributed by atoms with E-state index in [1.807, 2.05) is 25.4 Å². The summed E-state index contributed by atoms with van der Waals surface area (Å²) in [6.07, 6.45) is 3.86. The molecule has 1 unspecified atom stereocenters.